The predicted octanol–water partition coefficient (Wildman–Crippen LogP) is 2.73. The molecule has 0 aliphatic heterocycles. The number of nitrogens with two attached hydrogens (primary N) is 2. The molecule has 0 aliphatic carbocycles. The molecular weight excluding hydrogens is 334 g/mol. The Balaban J connectivity index is 2.48. The summed E-state index contributed by atoms with van der Waals surface area (Å²) in [6.45, 7) is 2.67. The molecule has 0 amide bonds. The second kappa shape index (κ2) is 6.41. The summed E-state index contributed by atoms with van der Waals surface area (Å²) in [7, 11) is 0. The fraction of sp³-hybridized carbons (Fsp3) is 0.214. The van der Waals surface area contributed by atoms with Crippen molar-refractivity contribution in [2.75, 3.05) is 18.1 Å². The Labute approximate surface area is 130 Å². The largest absolute Gasteiger partial charge is 0.492 e. The molecule has 0 unspecified atom stereocenters. The summed E-state index contributed by atoms with van der Waals surface area (Å²) in [6, 6.07) is 7.43. The van der Waals surface area contributed by atoms with Crippen molar-refractivity contribution in [1.29, 1.82) is 5.26 Å². The minimum Gasteiger partial charge on any atom is -0.492 e. The number of benzene rings is 1. The van der Waals surface area contributed by atoms with E-state index in [4.69, 9.17) is 16.2 Å². The van der Waals surface area contributed by atoms with Crippen LogP contribution in [0.2, 0.25) is 0 Å². The van der Waals surface area contributed by atoms with E-state index in [1.807, 2.05) is 25.1 Å². The molecule has 2 rings (SSSR count). The van der Waals surface area contributed by atoms with Crippen LogP contribution in [0.5, 0.6) is 5.75 Å². The first-order valence-corrected chi connectivity index (χ1v) is 7.12. The lowest BCUT2D eigenvalue weighted by Gasteiger charge is -2.10. The lowest BCUT2D eigenvalue weighted by atomic mass is 10.1. The van der Waals surface area contributed by atoms with Crippen molar-refractivity contribution in [2.45, 2.75) is 13.3 Å². The van der Waals surface area contributed by atoms with Gasteiger partial charge in [0.2, 0.25) is 5.95 Å². The van der Waals surface area contributed by atoms with Gasteiger partial charge in [0.15, 0.2) is 0 Å². The van der Waals surface area contributed by atoms with Crippen LogP contribution >= 0.6 is 15.9 Å². The number of hydrogen-bond donors (Lipinski definition) is 2. The van der Waals surface area contributed by atoms with Crippen molar-refractivity contribution in [2.24, 2.45) is 0 Å². The molecule has 6 nitrogen and oxygen atoms in total. The maximum Gasteiger partial charge on any atom is 0.222 e. The number of nitrogens with zero attached hydrogens (tertiary/aromatic N) is 3. The molecule has 0 fully saturated rings. The standard InChI is InChI=1S/C14H14BrN5O/c1-2-5-21-11-4-3-8(6-10(11)15)12-9(7-16)13(17)20-14(18)19-12/h3-4,6H,2,5H2,1H3,(H4,17,18,19,20). The number of ether oxygens (including phenoxy) is 1. The monoisotopic (exact) mass is 347 g/mol. The van der Waals surface area contributed by atoms with E-state index in [-0.39, 0.29) is 17.3 Å². The molecule has 0 bridgehead atoms. The van der Waals surface area contributed by atoms with E-state index < -0.39 is 0 Å². The third-order valence-electron chi connectivity index (χ3n) is 2.73. The molecule has 0 atom stereocenters. The topological polar surface area (TPSA) is 111 Å². The van der Waals surface area contributed by atoms with Crippen LogP contribution < -0.4 is 16.2 Å². The van der Waals surface area contributed by atoms with E-state index >= 15 is 0 Å². The number of aromatic nitrogens is 2. The number of nitrogen functional groups attached to an aromatic ring is 2. The molecule has 7 heteroatoms. The van der Waals surface area contributed by atoms with Gasteiger partial charge in [-0.05, 0) is 40.5 Å². The Morgan fingerprint density at radius 1 is 1.33 bits per heavy atom. The zero-order valence-electron chi connectivity index (χ0n) is 11.4. The van der Waals surface area contributed by atoms with E-state index in [2.05, 4.69) is 25.9 Å². The van der Waals surface area contributed by atoms with Crippen LogP contribution in [0, 0.1) is 11.3 Å². The number of rotatable bonds is 4. The van der Waals surface area contributed by atoms with Crippen LogP contribution in [0.25, 0.3) is 11.3 Å². The first-order valence-electron chi connectivity index (χ1n) is 6.32. The third kappa shape index (κ3) is 3.23. The highest BCUT2D eigenvalue weighted by Crippen LogP contribution is 2.32. The van der Waals surface area contributed by atoms with Gasteiger partial charge in [-0.2, -0.15) is 10.2 Å². The molecule has 0 saturated carbocycles. The molecule has 0 radical (unpaired) electrons. The number of anilines is 2. The third-order valence-corrected chi connectivity index (χ3v) is 3.35. The van der Waals surface area contributed by atoms with Gasteiger partial charge in [0.25, 0.3) is 0 Å². The first-order chi connectivity index (χ1) is 10.1. The highest BCUT2D eigenvalue weighted by atomic mass is 79.9. The van der Waals surface area contributed by atoms with Gasteiger partial charge >= 0.3 is 0 Å². The lowest BCUT2D eigenvalue weighted by Crippen LogP contribution is -2.05. The van der Waals surface area contributed by atoms with Gasteiger partial charge in [0.1, 0.15) is 23.2 Å². The summed E-state index contributed by atoms with van der Waals surface area (Å²) in [5.41, 5.74) is 12.6. The highest BCUT2D eigenvalue weighted by Gasteiger charge is 2.14. The lowest BCUT2D eigenvalue weighted by molar-refractivity contribution is 0.315. The first kappa shape index (κ1) is 15.1. The molecule has 4 N–H and O–H groups in total. The fourth-order valence-corrected chi connectivity index (χ4v) is 2.29. The minimum atomic E-state index is 0.0314. The molecule has 2 aromatic rings. The Hall–Kier alpha value is -2.33. The molecule has 1 heterocycles. The van der Waals surface area contributed by atoms with Gasteiger partial charge in [-0.1, -0.05) is 6.92 Å². The Morgan fingerprint density at radius 3 is 2.71 bits per heavy atom. The molecule has 1 aromatic heterocycles. The van der Waals surface area contributed by atoms with Crippen molar-refractivity contribution >= 4 is 27.7 Å². The van der Waals surface area contributed by atoms with Crippen molar-refractivity contribution in [1.82, 2.24) is 9.97 Å². The molecule has 0 saturated heterocycles. The Bertz CT molecular complexity index is 711. The van der Waals surface area contributed by atoms with Crippen LogP contribution in [0.15, 0.2) is 22.7 Å². The maximum atomic E-state index is 9.20. The summed E-state index contributed by atoms with van der Waals surface area (Å²) in [6.07, 6.45) is 0.922. The molecular formula is C14H14BrN5O. The van der Waals surface area contributed by atoms with E-state index in [9.17, 15) is 5.26 Å². The van der Waals surface area contributed by atoms with Crippen LogP contribution in [0.1, 0.15) is 18.9 Å². The number of halogens is 1. The fourth-order valence-electron chi connectivity index (χ4n) is 1.79. The van der Waals surface area contributed by atoms with Crippen molar-refractivity contribution in [3.63, 3.8) is 0 Å². The van der Waals surface area contributed by atoms with Crippen molar-refractivity contribution in [3.8, 4) is 23.1 Å². The van der Waals surface area contributed by atoms with Crippen LogP contribution in [0.3, 0.4) is 0 Å². The molecule has 21 heavy (non-hydrogen) atoms. The van der Waals surface area contributed by atoms with Crippen molar-refractivity contribution < 1.29 is 4.74 Å². The van der Waals surface area contributed by atoms with Gasteiger partial charge in [-0.15, -0.1) is 0 Å². The van der Waals surface area contributed by atoms with Gasteiger partial charge in [0.05, 0.1) is 16.8 Å². The van der Waals surface area contributed by atoms with E-state index in [0.717, 1.165) is 16.6 Å². The summed E-state index contributed by atoms with van der Waals surface area (Å²) >= 11 is 3.44. The van der Waals surface area contributed by atoms with Gasteiger partial charge in [-0.3, -0.25) is 0 Å². The minimum absolute atomic E-state index is 0.0314. The van der Waals surface area contributed by atoms with Crippen molar-refractivity contribution in [3.05, 3.63) is 28.2 Å². The smallest absolute Gasteiger partial charge is 0.222 e. The summed E-state index contributed by atoms with van der Waals surface area (Å²) in [5, 5.41) is 9.20. The van der Waals surface area contributed by atoms with Crippen LogP contribution in [-0.2, 0) is 0 Å². The second-order valence-corrected chi connectivity index (χ2v) is 5.15. The summed E-state index contributed by atoms with van der Waals surface area (Å²) in [4.78, 5) is 7.91. The summed E-state index contributed by atoms with van der Waals surface area (Å²) < 4.78 is 6.36. The number of nitriles is 1. The molecule has 1 aromatic carbocycles. The maximum absolute atomic E-state index is 9.20. The van der Waals surface area contributed by atoms with Crippen LogP contribution in [-0.4, -0.2) is 16.6 Å². The molecule has 0 aliphatic rings. The molecule has 0 spiro atoms. The highest BCUT2D eigenvalue weighted by molar-refractivity contribution is 9.10. The van der Waals surface area contributed by atoms with Gasteiger partial charge < -0.3 is 16.2 Å². The Morgan fingerprint density at radius 2 is 2.10 bits per heavy atom. The normalized spacial score (nSPS) is 10.1. The molecule has 108 valence electrons. The average molecular weight is 348 g/mol. The average Bonchev–Trinajstić information content (AvgIpc) is 2.45. The van der Waals surface area contributed by atoms with E-state index in [1.165, 1.54) is 0 Å². The summed E-state index contributed by atoms with van der Waals surface area (Å²) in [5.74, 6) is 0.834. The van der Waals surface area contributed by atoms with Crippen LogP contribution in [0.4, 0.5) is 11.8 Å². The van der Waals surface area contributed by atoms with Gasteiger partial charge in [-0.25, -0.2) is 4.98 Å². The quantitative estimate of drug-likeness (QED) is 0.879. The van der Waals surface area contributed by atoms with Gasteiger partial charge in [0, 0.05) is 5.56 Å². The number of hydrogen-bond acceptors (Lipinski definition) is 6. The van der Waals surface area contributed by atoms with E-state index in [0.29, 0.717) is 17.9 Å². The SMILES string of the molecule is CCCOc1ccc(-c2nc(N)nc(N)c2C#N)cc1Br. The second-order valence-electron chi connectivity index (χ2n) is 4.30. The zero-order valence-corrected chi connectivity index (χ0v) is 13.0. The zero-order chi connectivity index (χ0) is 15.4. The van der Waals surface area contributed by atoms with E-state index in [1.54, 1.807) is 6.07 Å². The Kier molecular flexibility index (Phi) is 4.60. The predicted molar refractivity (Wildman–Crippen MR) is 84.5 cm³/mol.